The molecule has 0 saturated carbocycles. The van der Waals surface area contributed by atoms with Crippen molar-refractivity contribution in [2.24, 2.45) is 5.92 Å². The van der Waals surface area contributed by atoms with E-state index in [0.717, 1.165) is 11.3 Å². The fourth-order valence-corrected chi connectivity index (χ4v) is 3.49. The number of amides is 1. The van der Waals surface area contributed by atoms with Gasteiger partial charge >= 0.3 is 12.1 Å². The largest absolute Gasteiger partial charge is 0.480 e. The molecule has 124 valence electrons. The molecule has 2 N–H and O–H groups in total. The maximum atomic E-state index is 12.5. The Morgan fingerprint density at radius 1 is 1.30 bits per heavy atom. The molecule has 0 aliphatic carbocycles. The zero-order valence-corrected chi connectivity index (χ0v) is 13.6. The van der Waals surface area contributed by atoms with Gasteiger partial charge in [-0.3, -0.25) is 0 Å². The van der Waals surface area contributed by atoms with Gasteiger partial charge in [0, 0.05) is 18.2 Å². The van der Waals surface area contributed by atoms with E-state index in [1.165, 1.54) is 0 Å². The van der Waals surface area contributed by atoms with Gasteiger partial charge in [-0.15, -0.1) is 0 Å². The molecule has 3 atom stereocenters. The number of ether oxygens (including phenoxy) is 1. The fraction of sp³-hybridized carbons (Fsp3) is 0.529. The van der Waals surface area contributed by atoms with E-state index in [1.807, 2.05) is 45.0 Å². The van der Waals surface area contributed by atoms with Crippen LogP contribution >= 0.6 is 0 Å². The van der Waals surface area contributed by atoms with Gasteiger partial charge in [-0.05, 0) is 38.8 Å². The van der Waals surface area contributed by atoms with E-state index in [-0.39, 0.29) is 18.1 Å². The third-order valence-electron chi connectivity index (χ3n) is 4.36. The van der Waals surface area contributed by atoms with Gasteiger partial charge < -0.3 is 20.1 Å². The van der Waals surface area contributed by atoms with Gasteiger partial charge in [-0.2, -0.15) is 0 Å². The molecule has 0 spiro atoms. The molecule has 3 rings (SSSR count). The number of anilines is 1. The Balaban J connectivity index is 1.96. The number of fused-ring (bicyclic) bond motifs is 3. The highest BCUT2D eigenvalue weighted by Gasteiger charge is 2.49. The summed E-state index contributed by atoms with van der Waals surface area (Å²) in [5.74, 6) is -1.05. The van der Waals surface area contributed by atoms with Crippen LogP contribution in [0.2, 0.25) is 0 Å². The summed E-state index contributed by atoms with van der Waals surface area (Å²) in [6.07, 6.45) is 0.258. The monoisotopic (exact) mass is 318 g/mol. The second-order valence-corrected chi connectivity index (χ2v) is 7.12. The van der Waals surface area contributed by atoms with E-state index in [4.69, 9.17) is 4.74 Å². The second kappa shape index (κ2) is 5.44. The van der Waals surface area contributed by atoms with Crippen molar-refractivity contribution in [3.05, 3.63) is 29.8 Å². The molecule has 1 aromatic carbocycles. The summed E-state index contributed by atoms with van der Waals surface area (Å²) in [7, 11) is 0. The van der Waals surface area contributed by atoms with Gasteiger partial charge in [0.25, 0.3) is 0 Å². The quantitative estimate of drug-likeness (QED) is 0.832. The molecular formula is C17H22N2O4. The van der Waals surface area contributed by atoms with Crippen molar-refractivity contribution in [2.75, 3.05) is 11.9 Å². The number of likely N-dealkylation sites (tertiary alicyclic amines) is 1. The summed E-state index contributed by atoms with van der Waals surface area (Å²) in [5.41, 5.74) is 1.16. The van der Waals surface area contributed by atoms with Gasteiger partial charge in [0.15, 0.2) is 0 Å². The number of aliphatic carboxylic acids is 1. The minimum atomic E-state index is -0.888. The normalized spacial score (nSPS) is 26.0. The number of carboxylic acid groups (broad SMARTS) is 1. The minimum Gasteiger partial charge on any atom is -0.480 e. The molecule has 23 heavy (non-hydrogen) atoms. The average Bonchev–Trinajstić information content (AvgIpc) is 2.89. The number of para-hydroxylation sites is 1. The first-order valence-corrected chi connectivity index (χ1v) is 7.86. The molecule has 0 radical (unpaired) electrons. The summed E-state index contributed by atoms with van der Waals surface area (Å²) < 4.78 is 5.50. The first kappa shape index (κ1) is 15.6. The first-order valence-electron chi connectivity index (χ1n) is 7.86. The summed E-state index contributed by atoms with van der Waals surface area (Å²) in [4.78, 5) is 25.8. The number of hydrogen-bond acceptors (Lipinski definition) is 4. The van der Waals surface area contributed by atoms with Crippen LogP contribution in [0.1, 0.15) is 38.8 Å². The van der Waals surface area contributed by atoms with E-state index in [9.17, 15) is 14.7 Å². The van der Waals surface area contributed by atoms with Crippen LogP contribution in [0.15, 0.2) is 24.3 Å². The molecule has 2 aliphatic rings. The van der Waals surface area contributed by atoms with Crippen LogP contribution in [0.5, 0.6) is 0 Å². The molecule has 0 aromatic heterocycles. The molecule has 1 aromatic rings. The SMILES string of the molecule is CC(C)(C)OC(=O)N1CC[C@@H]2C(C(=O)O)Nc3ccccc3[C@@H]21. The summed E-state index contributed by atoms with van der Waals surface area (Å²) >= 11 is 0. The summed E-state index contributed by atoms with van der Waals surface area (Å²) in [5, 5.41) is 12.6. The zero-order chi connectivity index (χ0) is 16.8. The Morgan fingerprint density at radius 2 is 2.00 bits per heavy atom. The van der Waals surface area contributed by atoms with Crippen LogP contribution in [0, 0.1) is 5.92 Å². The average molecular weight is 318 g/mol. The Morgan fingerprint density at radius 3 is 2.65 bits per heavy atom. The van der Waals surface area contributed by atoms with Crippen LogP contribution in [0.25, 0.3) is 0 Å². The molecular weight excluding hydrogens is 296 g/mol. The minimum absolute atomic E-state index is 0.157. The molecule has 1 amide bonds. The number of rotatable bonds is 1. The standard InChI is InChI=1S/C17H22N2O4/c1-17(2,3)23-16(22)19-9-8-11-13(15(20)21)18-12-7-5-4-6-10(12)14(11)19/h4-7,11,13-14,18H,8-9H2,1-3H3,(H,20,21)/t11-,13?,14+/m1/s1. The van der Waals surface area contributed by atoms with Crippen molar-refractivity contribution in [1.29, 1.82) is 0 Å². The number of hydrogen-bond donors (Lipinski definition) is 2. The van der Waals surface area contributed by atoms with Crippen molar-refractivity contribution in [1.82, 2.24) is 4.90 Å². The highest BCUT2D eigenvalue weighted by Crippen LogP contribution is 2.46. The smallest absolute Gasteiger partial charge is 0.410 e. The predicted molar refractivity (Wildman–Crippen MR) is 85.3 cm³/mol. The van der Waals surface area contributed by atoms with Crippen molar-refractivity contribution < 1.29 is 19.4 Å². The van der Waals surface area contributed by atoms with E-state index >= 15 is 0 Å². The highest BCUT2D eigenvalue weighted by molar-refractivity contribution is 5.81. The van der Waals surface area contributed by atoms with Crippen LogP contribution in [0.4, 0.5) is 10.5 Å². The van der Waals surface area contributed by atoms with Crippen molar-refractivity contribution in [2.45, 2.75) is 44.9 Å². The van der Waals surface area contributed by atoms with E-state index in [0.29, 0.717) is 13.0 Å². The topological polar surface area (TPSA) is 78.9 Å². The van der Waals surface area contributed by atoms with Crippen LogP contribution < -0.4 is 5.32 Å². The number of carbonyl (C=O) groups excluding carboxylic acids is 1. The lowest BCUT2D eigenvalue weighted by Crippen LogP contribution is -2.45. The van der Waals surface area contributed by atoms with Crippen molar-refractivity contribution in [3.63, 3.8) is 0 Å². The van der Waals surface area contributed by atoms with E-state index in [2.05, 4.69) is 5.32 Å². The highest BCUT2D eigenvalue weighted by atomic mass is 16.6. The predicted octanol–water partition coefficient (Wildman–Crippen LogP) is 2.86. The Hall–Kier alpha value is -2.24. The van der Waals surface area contributed by atoms with Crippen molar-refractivity contribution >= 4 is 17.7 Å². The lowest BCUT2D eigenvalue weighted by molar-refractivity contribution is -0.139. The molecule has 0 bridgehead atoms. The molecule has 6 heteroatoms. The number of nitrogens with one attached hydrogen (secondary N) is 1. The number of carboxylic acids is 1. The fourth-order valence-electron chi connectivity index (χ4n) is 3.49. The molecule has 1 unspecified atom stereocenters. The third-order valence-corrected chi connectivity index (χ3v) is 4.36. The lowest BCUT2D eigenvalue weighted by Gasteiger charge is -2.38. The van der Waals surface area contributed by atoms with Gasteiger partial charge in [-0.1, -0.05) is 18.2 Å². The first-order chi connectivity index (χ1) is 10.8. The Bertz CT molecular complexity index is 638. The molecule has 2 aliphatic heterocycles. The Labute approximate surface area is 135 Å². The second-order valence-electron chi connectivity index (χ2n) is 7.12. The summed E-state index contributed by atoms with van der Waals surface area (Å²) in [6.45, 7) is 5.99. The molecule has 2 heterocycles. The molecule has 6 nitrogen and oxygen atoms in total. The number of carbonyl (C=O) groups is 2. The van der Waals surface area contributed by atoms with Gasteiger partial charge in [0.05, 0.1) is 6.04 Å². The third kappa shape index (κ3) is 2.85. The van der Waals surface area contributed by atoms with Crippen LogP contribution in [-0.2, 0) is 9.53 Å². The number of nitrogens with zero attached hydrogens (tertiary/aromatic N) is 1. The van der Waals surface area contributed by atoms with Gasteiger partial charge in [-0.25, -0.2) is 9.59 Å². The maximum absolute atomic E-state index is 12.5. The Kier molecular flexibility index (Phi) is 3.70. The summed E-state index contributed by atoms with van der Waals surface area (Å²) in [6, 6.07) is 6.61. The zero-order valence-electron chi connectivity index (χ0n) is 13.6. The van der Waals surface area contributed by atoms with Crippen LogP contribution in [-0.4, -0.2) is 40.3 Å². The number of benzene rings is 1. The lowest BCUT2D eigenvalue weighted by atomic mass is 9.83. The van der Waals surface area contributed by atoms with E-state index in [1.54, 1.807) is 4.90 Å². The molecule has 1 saturated heterocycles. The maximum Gasteiger partial charge on any atom is 0.410 e. The molecule has 1 fully saturated rings. The van der Waals surface area contributed by atoms with Gasteiger partial charge in [0.1, 0.15) is 11.6 Å². The van der Waals surface area contributed by atoms with Crippen LogP contribution in [0.3, 0.4) is 0 Å². The van der Waals surface area contributed by atoms with Gasteiger partial charge in [0.2, 0.25) is 0 Å². The van der Waals surface area contributed by atoms with E-state index < -0.39 is 17.6 Å². The van der Waals surface area contributed by atoms with Crippen molar-refractivity contribution in [3.8, 4) is 0 Å².